The van der Waals surface area contributed by atoms with E-state index in [2.05, 4.69) is 34.7 Å². The van der Waals surface area contributed by atoms with Crippen LogP contribution in [0.2, 0.25) is 0 Å². The summed E-state index contributed by atoms with van der Waals surface area (Å²) in [5.41, 5.74) is 1.79. The fourth-order valence-electron chi connectivity index (χ4n) is 5.18. The standard InChI is InChI=1S/C36H48N4O5/c1-6-27(7-2)38-36(42)39-29-12-17-33(34(24-29)43-5)45-31-15-10-28(11-16-31)37-35(41)26-8-13-30(14-9-26)44-32-19-22-40(23-20-32)21-18-25(3)4/h8-17,24-25,27,32H,6-7,18-23H2,1-5H3,(H,37,41)(H2,38,39,42). The van der Waals surface area contributed by atoms with Crippen LogP contribution < -0.4 is 30.2 Å². The Bertz CT molecular complexity index is 1370. The minimum atomic E-state index is -0.259. The third-order valence-electron chi connectivity index (χ3n) is 8.06. The number of carbonyl (C=O) groups is 2. The molecule has 1 heterocycles. The number of benzene rings is 3. The Hall–Kier alpha value is -4.24. The van der Waals surface area contributed by atoms with Crippen LogP contribution in [0, 0.1) is 5.92 Å². The SMILES string of the molecule is CCC(CC)NC(=O)Nc1ccc(Oc2ccc(NC(=O)c3ccc(OC4CCN(CCC(C)C)CC4)cc3)cc2)c(OC)c1. The quantitative estimate of drug-likeness (QED) is 0.170. The molecule has 1 aliphatic rings. The van der Waals surface area contributed by atoms with Crippen molar-refractivity contribution in [3.8, 4) is 23.0 Å². The molecule has 1 saturated heterocycles. The first kappa shape index (κ1) is 33.6. The van der Waals surface area contributed by atoms with E-state index < -0.39 is 0 Å². The average molecular weight is 617 g/mol. The third-order valence-corrected chi connectivity index (χ3v) is 8.06. The second-order valence-electron chi connectivity index (χ2n) is 11.9. The number of hydrogen-bond acceptors (Lipinski definition) is 6. The molecule has 9 heteroatoms. The fraction of sp³-hybridized carbons (Fsp3) is 0.444. The van der Waals surface area contributed by atoms with Gasteiger partial charge in [0.05, 0.1) is 7.11 Å². The van der Waals surface area contributed by atoms with Crippen molar-refractivity contribution in [2.24, 2.45) is 5.92 Å². The van der Waals surface area contributed by atoms with E-state index in [-0.39, 0.29) is 24.1 Å². The van der Waals surface area contributed by atoms with Crippen molar-refractivity contribution < 1.29 is 23.8 Å². The molecule has 0 saturated carbocycles. The number of nitrogens with one attached hydrogen (secondary N) is 3. The second kappa shape index (κ2) is 16.7. The summed E-state index contributed by atoms with van der Waals surface area (Å²) in [7, 11) is 1.55. The van der Waals surface area contributed by atoms with Crippen molar-refractivity contribution in [3.63, 3.8) is 0 Å². The van der Waals surface area contributed by atoms with Gasteiger partial charge in [0.25, 0.3) is 5.91 Å². The zero-order chi connectivity index (χ0) is 32.2. The van der Waals surface area contributed by atoms with Gasteiger partial charge in [0, 0.05) is 42.1 Å². The monoisotopic (exact) mass is 616 g/mol. The molecule has 0 atom stereocenters. The van der Waals surface area contributed by atoms with Gasteiger partial charge < -0.3 is 35.1 Å². The molecule has 45 heavy (non-hydrogen) atoms. The highest BCUT2D eigenvalue weighted by Gasteiger charge is 2.21. The van der Waals surface area contributed by atoms with Crippen LogP contribution in [0.4, 0.5) is 16.2 Å². The zero-order valence-corrected chi connectivity index (χ0v) is 27.2. The van der Waals surface area contributed by atoms with E-state index in [1.807, 2.05) is 26.0 Å². The minimum absolute atomic E-state index is 0.125. The molecule has 3 N–H and O–H groups in total. The molecular weight excluding hydrogens is 568 g/mol. The summed E-state index contributed by atoms with van der Waals surface area (Å²) in [5.74, 6) is 2.87. The average Bonchev–Trinajstić information content (AvgIpc) is 3.05. The van der Waals surface area contributed by atoms with Gasteiger partial charge in [-0.25, -0.2) is 4.79 Å². The first-order valence-electron chi connectivity index (χ1n) is 16.1. The molecule has 3 aromatic rings. The molecule has 0 bridgehead atoms. The Morgan fingerprint density at radius 3 is 2.11 bits per heavy atom. The highest BCUT2D eigenvalue weighted by atomic mass is 16.5. The van der Waals surface area contributed by atoms with Gasteiger partial charge in [-0.15, -0.1) is 0 Å². The summed E-state index contributed by atoms with van der Waals surface area (Å²) in [5, 5.41) is 8.72. The smallest absolute Gasteiger partial charge is 0.319 e. The summed E-state index contributed by atoms with van der Waals surface area (Å²) >= 11 is 0. The molecule has 0 radical (unpaired) electrons. The molecule has 9 nitrogen and oxygen atoms in total. The van der Waals surface area contributed by atoms with E-state index in [0.29, 0.717) is 34.2 Å². The topological polar surface area (TPSA) is 101 Å². The van der Waals surface area contributed by atoms with Crippen molar-refractivity contribution in [2.45, 2.75) is 71.9 Å². The number of nitrogens with zero attached hydrogens (tertiary/aromatic N) is 1. The minimum Gasteiger partial charge on any atom is -0.493 e. The Morgan fingerprint density at radius 2 is 1.49 bits per heavy atom. The van der Waals surface area contributed by atoms with E-state index in [4.69, 9.17) is 14.2 Å². The molecule has 0 aromatic heterocycles. The predicted molar refractivity (Wildman–Crippen MR) is 180 cm³/mol. The Balaban J connectivity index is 1.26. The molecule has 242 valence electrons. The maximum atomic E-state index is 12.9. The normalized spacial score (nSPS) is 13.8. The van der Waals surface area contributed by atoms with Crippen molar-refractivity contribution in [1.82, 2.24) is 10.2 Å². The van der Waals surface area contributed by atoms with Crippen LogP contribution >= 0.6 is 0 Å². The maximum Gasteiger partial charge on any atom is 0.319 e. The summed E-state index contributed by atoms with van der Waals surface area (Å²) in [6.45, 7) is 11.9. The molecule has 1 aliphatic heterocycles. The Kier molecular flexibility index (Phi) is 12.5. The number of likely N-dealkylation sites (tertiary alicyclic amines) is 1. The summed E-state index contributed by atoms with van der Waals surface area (Å²) in [6.07, 6.45) is 5.21. The molecular formula is C36H48N4O5. The van der Waals surface area contributed by atoms with Gasteiger partial charge in [0.2, 0.25) is 0 Å². The second-order valence-corrected chi connectivity index (χ2v) is 11.9. The third kappa shape index (κ3) is 10.4. The van der Waals surface area contributed by atoms with E-state index in [1.165, 1.54) is 6.42 Å². The van der Waals surface area contributed by atoms with Crippen LogP contribution in [0.3, 0.4) is 0 Å². The van der Waals surface area contributed by atoms with Crippen LogP contribution in [-0.4, -0.2) is 55.7 Å². The highest BCUT2D eigenvalue weighted by Crippen LogP contribution is 2.34. The molecule has 0 spiro atoms. The lowest BCUT2D eigenvalue weighted by molar-refractivity contribution is 0.0979. The van der Waals surface area contributed by atoms with Gasteiger partial charge in [0.1, 0.15) is 17.6 Å². The van der Waals surface area contributed by atoms with Gasteiger partial charge >= 0.3 is 6.03 Å². The number of rotatable bonds is 14. The molecule has 3 aromatic carbocycles. The van der Waals surface area contributed by atoms with E-state index in [1.54, 1.807) is 61.7 Å². The molecule has 4 rings (SSSR count). The number of methoxy groups -OCH3 is 1. The predicted octanol–water partition coefficient (Wildman–Crippen LogP) is 7.94. The maximum absolute atomic E-state index is 12.9. The van der Waals surface area contributed by atoms with Crippen LogP contribution in [0.15, 0.2) is 66.7 Å². The fourth-order valence-corrected chi connectivity index (χ4v) is 5.18. The molecule has 0 unspecified atom stereocenters. The summed E-state index contributed by atoms with van der Waals surface area (Å²) < 4.78 is 17.7. The van der Waals surface area contributed by atoms with Crippen LogP contribution in [0.25, 0.3) is 0 Å². The highest BCUT2D eigenvalue weighted by molar-refractivity contribution is 6.04. The van der Waals surface area contributed by atoms with Crippen LogP contribution in [0.1, 0.15) is 70.2 Å². The van der Waals surface area contributed by atoms with Gasteiger partial charge in [-0.05, 0) is 105 Å². The van der Waals surface area contributed by atoms with Gasteiger partial charge in [-0.2, -0.15) is 0 Å². The van der Waals surface area contributed by atoms with Crippen LogP contribution in [0.5, 0.6) is 23.0 Å². The number of piperidine rings is 1. The number of ether oxygens (including phenoxy) is 3. The van der Waals surface area contributed by atoms with Crippen LogP contribution in [-0.2, 0) is 0 Å². The van der Waals surface area contributed by atoms with Gasteiger partial charge in [0.15, 0.2) is 11.5 Å². The largest absolute Gasteiger partial charge is 0.493 e. The Morgan fingerprint density at radius 1 is 0.844 bits per heavy atom. The number of anilines is 2. The van der Waals surface area contributed by atoms with Gasteiger partial charge in [-0.1, -0.05) is 27.7 Å². The number of urea groups is 1. The van der Waals surface area contributed by atoms with Gasteiger partial charge in [-0.3, -0.25) is 4.79 Å². The van der Waals surface area contributed by atoms with Crippen molar-refractivity contribution >= 4 is 23.3 Å². The summed E-state index contributed by atoms with van der Waals surface area (Å²) in [4.78, 5) is 27.7. The lowest BCUT2D eigenvalue weighted by Gasteiger charge is -2.32. The lowest BCUT2D eigenvalue weighted by Crippen LogP contribution is -2.39. The van der Waals surface area contributed by atoms with E-state index in [9.17, 15) is 9.59 Å². The molecule has 3 amide bonds. The van der Waals surface area contributed by atoms with E-state index in [0.717, 1.165) is 57.0 Å². The van der Waals surface area contributed by atoms with Crippen molar-refractivity contribution in [2.75, 3.05) is 37.4 Å². The Labute approximate surface area is 267 Å². The van der Waals surface area contributed by atoms with Crippen molar-refractivity contribution in [3.05, 3.63) is 72.3 Å². The number of hydrogen-bond donors (Lipinski definition) is 3. The number of amides is 3. The lowest BCUT2D eigenvalue weighted by atomic mass is 10.1. The summed E-state index contributed by atoms with van der Waals surface area (Å²) in [6, 6.07) is 19.5. The van der Waals surface area contributed by atoms with E-state index >= 15 is 0 Å². The zero-order valence-electron chi connectivity index (χ0n) is 27.2. The molecule has 1 fully saturated rings. The first-order chi connectivity index (χ1) is 21.8. The first-order valence-corrected chi connectivity index (χ1v) is 16.1. The molecule has 0 aliphatic carbocycles. The number of carbonyl (C=O) groups excluding carboxylic acids is 2. The van der Waals surface area contributed by atoms with Crippen molar-refractivity contribution in [1.29, 1.82) is 0 Å².